The summed E-state index contributed by atoms with van der Waals surface area (Å²) in [6.45, 7) is 3.65. The van der Waals surface area contributed by atoms with Crippen molar-refractivity contribution in [3.05, 3.63) is 58.5 Å². The number of aromatic nitrogens is 1. The molecule has 25 heavy (non-hydrogen) atoms. The van der Waals surface area contributed by atoms with Crippen molar-refractivity contribution in [2.24, 2.45) is 0 Å². The molecule has 1 aromatic heterocycles. The highest BCUT2D eigenvalue weighted by Crippen LogP contribution is 2.19. The Bertz CT molecular complexity index is 882. The van der Waals surface area contributed by atoms with Gasteiger partial charge in [0.25, 0.3) is 5.56 Å². The van der Waals surface area contributed by atoms with Crippen LogP contribution in [-0.4, -0.2) is 37.0 Å². The minimum atomic E-state index is -3.53. The summed E-state index contributed by atoms with van der Waals surface area (Å²) in [5.74, 6) is 0.722. The zero-order valence-electron chi connectivity index (χ0n) is 14.2. The number of pyridine rings is 1. The van der Waals surface area contributed by atoms with Gasteiger partial charge >= 0.3 is 0 Å². The quantitative estimate of drug-likeness (QED) is 0.788. The molecule has 2 heterocycles. The van der Waals surface area contributed by atoms with E-state index in [2.05, 4.69) is 0 Å². The molecule has 0 atom stereocenters. The summed E-state index contributed by atoms with van der Waals surface area (Å²) >= 11 is 0. The minimum absolute atomic E-state index is 0.157. The van der Waals surface area contributed by atoms with Crippen LogP contribution in [0.1, 0.15) is 18.4 Å². The zero-order chi connectivity index (χ0) is 17.9. The SMILES string of the molecule is Cc1ccc(OCCn2cc(S(=O)(=O)N3CCCC3)ccc2=O)cc1. The number of hydrogen-bond donors (Lipinski definition) is 0. The fraction of sp³-hybridized carbons (Fsp3) is 0.389. The Balaban J connectivity index is 1.71. The lowest BCUT2D eigenvalue weighted by Gasteiger charge is -2.16. The zero-order valence-corrected chi connectivity index (χ0v) is 15.0. The van der Waals surface area contributed by atoms with Crippen LogP contribution in [0.25, 0.3) is 0 Å². The van der Waals surface area contributed by atoms with E-state index in [9.17, 15) is 13.2 Å². The van der Waals surface area contributed by atoms with Gasteiger partial charge in [0.1, 0.15) is 12.4 Å². The fourth-order valence-corrected chi connectivity index (χ4v) is 4.35. The summed E-state index contributed by atoms with van der Waals surface area (Å²) in [7, 11) is -3.53. The maximum absolute atomic E-state index is 12.6. The molecule has 1 aromatic carbocycles. The molecular weight excluding hydrogens is 340 g/mol. The molecule has 0 saturated carbocycles. The second-order valence-electron chi connectivity index (χ2n) is 6.17. The lowest BCUT2D eigenvalue weighted by molar-refractivity contribution is 0.295. The van der Waals surface area contributed by atoms with E-state index in [4.69, 9.17) is 4.74 Å². The monoisotopic (exact) mass is 362 g/mol. The van der Waals surface area contributed by atoms with Gasteiger partial charge in [-0.2, -0.15) is 4.31 Å². The maximum Gasteiger partial charge on any atom is 0.250 e. The Kier molecular flexibility index (Phi) is 5.24. The Morgan fingerprint density at radius 3 is 2.40 bits per heavy atom. The van der Waals surface area contributed by atoms with E-state index < -0.39 is 10.0 Å². The summed E-state index contributed by atoms with van der Waals surface area (Å²) in [6.07, 6.45) is 3.17. The van der Waals surface area contributed by atoms with Gasteiger partial charge in [0, 0.05) is 25.4 Å². The van der Waals surface area contributed by atoms with Crippen molar-refractivity contribution in [2.75, 3.05) is 19.7 Å². The third-order valence-electron chi connectivity index (χ3n) is 4.28. The predicted octanol–water partition coefficient (Wildman–Crippen LogP) is 2.02. The molecule has 0 N–H and O–H groups in total. The molecule has 0 bridgehead atoms. The topological polar surface area (TPSA) is 68.6 Å². The van der Waals surface area contributed by atoms with Crippen LogP contribution in [0.4, 0.5) is 0 Å². The highest BCUT2D eigenvalue weighted by Gasteiger charge is 2.27. The van der Waals surface area contributed by atoms with Crippen LogP contribution in [-0.2, 0) is 16.6 Å². The molecule has 1 saturated heterocycles. The number of sulfonamides is 1. The normalized spacial score (nSPS) is 15.4. The average molecular weight is 362 g/mol. The Hall–Kier alpha value is -2.12. The first kappa shape index (κ1) is 17.7. The molecule has 3 rings (SSSR count). The van der Waals surface area contributed by atoms with E-state index in [0.29, 0.717) is 13.1 Å². The first-order valence-corrected chi connectivity index (χ1v) is 9.81. The lowest BCUT2D eigenvalue weighted by atomic mass is 10.2. The first-order valence-electron chi connectivity index (χ1n) is 8.37. The highest BCUT2D eigenvalue weighted by molar-refractivity contribution is 7.89. The maximum atomic E-state index is 12.6. The summed E-state index contributed by atoms with van der Waals surface area (Å²) in [5.41, 5.74) is 0.899. The molecule has 6 nitrogen and oxygen atoms in total. The summed E-state index contributed by atoms with van der Waals surface area (Å²) in [6, 6.07) is 10.3. The second-order valence-corrected chi connectivity index (χ2v) is 8.11. The molecule has 0 spiro atoms. The van der Waals surface area contributed by atoms with E-state index in [1.54, 1.807) is 0 Å². The molecule has 7 heteroatoms. The van der Waals surface area contributed by atoms with Gasteiger partial charge < -0.3 is 9.30 Å². The van der Waals surface area contributed by atoms with Crippen LogP contribution < -0.4 is 10.3 Å². The molecule has 2 aromatic rings. The largest absolute Gasteiger partial charge is 0.492 e. The Labute approximate surface area is 147 Å². The van der Waals surface area contributed by atoms with Crippen molar-refractivity contribution in [3.63, 3.8) is 0 Å². The van der Waals surface area contributed by atoms with E-state index in [1.165, 1.54) is 27.2 Å². The van der Waals surface area contributed by atoms with Crippen molar-refractivity contribution >= 4 is 10.0 Å². The van der Waals surface area contributed by atoms with Crippen molar-refractivity contribution in [1.82, 2.24) is 8.87 Å². The van der Waals surface area contributed by atoms with E-state index in [-0.39, 0.29) is 23.6 Å². The Morgan fingerprint density at radius 2 is 1.72 bits per heavy atom. The number of rotatable bonds is 6. The molecule has 0 aliphatic carbocycles. The van der Waals surface area contributed by atoms with E-state index in [1.807, 2.05) is 31.2 Å². The van der Waals surface area contributed by atoms with Crippen LogP contribution >= 0.6 is 0 Å². The summed E-state index contributed by atoms with van der Waals surface area (Å²) in [5, 5.41) is 0. The number of hydrogen-bond acceptors (Lipinski definition) is 4. The molecule has 0 amide bonds. The van der Waals surface area contributed by atoms with Gasteiger partial charge in [-0.3, -0.25) is 4.79 Å². The minimum Gasteiger partial charge on any atom is -0.492 e. The van der Waals surface area contributed by atoms with E-state index in [0.717, 1.165) is 24.2 Å². The van der Waals surface area contributed by atoms with Crippen LogP contribution in [0.5, 0.6) is 5.75 Å². The Morgan fingerprint density at radius 1 is 1.04 bits per heavy atom. The van der Waals surface area contributed by atoms with Gasteiger partial charge in [-0.1, -0.05) is 17.7 Å². The standard InChI is InChI=1S/C18H22N2O4S/c1-15-4-6-16(7-5-15)24-13-12-19-14-17(8-9-18(19)21)25(22,23)20-10-2-3-11-20/h4-9,14H,2-3,10-13H2,1H3. The fourth-order valence-electron chi connectivity index (χ4n) is 2.81. The van der Waals surface area contributed by atoms with Crippen molar-refractivity contribution in [1.29, 1.82) is 0 Å². The van der Waals surface area contributed by atoms with Gasteiger partial charge in [-0.15, -0.1) is 0 Å². The van der Waals surface area contributed by atoms with Gasteiger partial charge in [-0.05, 0) is 38.0 Å². The third-order valence-corrected chi connectivity index (χ3v) is 6.16. The molecule has 0 radical (unpaired) electrons. The first-order chi connectivity index (χ1) is 12.0. The van der Waals surface area contributed by atoms with Crippen LogP contribution in [0, 0.1) is 6.92 Å². The van der Waals surface area contributed by atoms with Crippen molar-refractivity contribution in [3.8, 4) is 5.75 Å². The van der Waals surface area contributed by atoms with Crippen LogP contribution in [0.15, 0.2) is 52.3 Å². The van der Waals surface area contributed by atoms with Crippen LogP contribution in [0.2, 0.25) is 0 Å². The molecular formula is C18H22N2O4S. The highest BCUT2D eigenvalue weighted by atomic mass is 32.2. The summed E-state index contributed by atoms with van der Waals surface area (Å²) in [4.78, 5) is 12.2. The number of benzene rings is 1. The van der Waals surface area contributed by atoms with Crippen molar-refractivity contribution in [2.45, 2.75) is 31.2 Å². The van der Waals surface area contributed by atoms with E-state index >= 15 is 0 Å². The van der Waals surface area contributed by atoms with Gasteiger partial charge in [0.05, 0.1) is 11.4 Å². The summed E-state index contributed by atoms with van der Waals surface area (Å²) < 4.78 is 33.7. The molecule has 1 aliphatic heterocycles. The second kappa shape index (κ2) is 7.41. The predicted molar refractivity (Wildman–Crippen MR) is 95.4 cm³/mol. The lowest BCUT2D eigenvalue weighted by Crippen LogP contribution is -2.30. The van der Waals surface area contributed by atoms with Gasteiger partial charge in [-0.25, -0.2) is 8.42 Å². The van der Waals surface area contributed by atoms with Gasteiger partial charge in [0.15, 0.2) is 0 Å². The average Bonchev–Trinajstić information content (AvgIpc) is 3.13. The molecule has 1 fully saturated rings. The van der Waals surface area contributed by atoms with Crippen LogP contribution in [0.3, 0.4) is 0 Å². The number of ether oxygens (including phenoxy) is 1. The molecule has 0 unspecified atom stereocenters. The number of aryl methyl sites for hydroxylation is 1. The third kappa shape index (κ3) is 4.11. The molecule has 134 valence electrons. The van der Waals surface area contributed by atoms with Crippen molar-refractivity contribution < 1.29 is 13.2 Å². The molecule has 1 aliphatic rings. The van der Waals surface area contributed by atoms with Gasteiger partial charge in [0.2, 0.25) is 10.0 Å². The smallest absolute Gasteiger partial charge is 0.250 e. The number of nitrogens with zero attached hydrogens (tertiary/aromatic N) is 2.